The number of piperazine rings is 1. The minimum absolute atomic E-state index is 0. The molecule has 1 N–H and O–H groups in total. The molecule has 1 aliphatic heterocycles. The van der Waals surface area contributed by atoms with E-state index in [2.05, 4.69) is 26.1 Å². The van der Waals surface area contributed by atoms with Crippen molar-refractivity contribution in [3.05, 3.63) is 33.8 Å². The van der Waals surface area contributed by atoms with E-state index in [9.17, 15) is 8.78 Å². The fourth-order valence-electron chi connectivity index (χ4n) is 2.49. The van der Waals surface area contributed by atoms with Crippen LogP contribution in [0.1, 0.15) is 24.9 Å². The van der Waals surface area contributed by atoms with E-state index in [4.69, 9.17) is 0 Å². The largest absolute Gasteiger partial charge is 0.314 e. The Morgan fingerprint density at radius 3 is 2.40 bits per heavy atom. The van der Waals surface area contributed by atoms with E-state index >= 15 is 0 Å². The van der Waals surface area contributed by atoms with Crippen LogP contribution in [0.2, 0.25) is 0 Å². The lowest BCUT2D eigenvalue weighted by atomic mass is 10.0. The maximum atomic E-state index is 14.1. The summed E-state index contributed by atoms with van der Waals surface area (Å²) in [5.74, 6) is -0.929. The van der Waals surface area contributed by atoms with Gasteiger partial charge in [-0.2, -0.15) is 0 Å². The molecule has 0 radical (unpaired) electrons. The number of nitrogens with zero attached hydrogens (tertiary/aromatic N) is 1. The van der Waals surface area contributed by atoms with E-state index in [1.807, 2.05) is 6.92 Å². The molecule has 1 saturated heterocycles. The van der Waals surface area contributed by atoms with Crippen LogP contribution in [0, 0.1) is 11.6 Å². The molecule has 1 heterocycles. The molecule has 0 unspecified atom stereocenters. The zero-order chi connectivity index (χ0) is 13.1. The number of benzene rings is 1. The fraction of sp³-hybridized carbons (Fsp3) is 0.538. The van der Waals surface area contributed by atoms with Gasteiger partial charge < -0.3 is 5.32 Å². The van der Waals surface area contributed by atoms with E-state index in [0.29, 0.717) is 10.9 Å². The van der Waals surface area contributed by atoms with Gasteiger partial charge in [-0.15, -0.1) is 24.8 Å². The van der Waals surface area contributed by atoms with Crippen molar-refractivity contribution in [2.45, 2.75) is 19.4 Å². The molecular weight excluding hydrogens is 373 g/mol. The zero-order valence-corrected chi connectivity index (χ0v) is 14.4. The topological polar surface area (TPSA) is 15.3 Å². The first-order chi connectivity index (χ1) is 8.65. The summed E-state index contributed by atoms with van der Waals surface area (Å²) in [6.45, 7) is 5.35. The Balaban J connectivity index is 0.00000180. The Morgan fingerprint density at radius 1 is 1.25 bits per heavy atom. The van der Waals surface area contributed by atoms with Crippen LogP contribution in [0.5, 0.6) is 0 Å². The summed E-state index contributed by atoms with van der Waals surface area (Å²) in [5, 5.41) is 3.25. The van der Waals surface area contributed by atoms with Crippen molar-refractivity contribution in [1.82, 2.24) is 10.2 Å². The summed E-state index contributed by atoms with van der Waals surface area (Å²) >= 11 is 3.13. The summed E-state index contributed by atoms with van der Waals surface area (Å²) in [4.78, 5) is 2.14. The highest BCUT2D eigenvalue weighted by atomic mass is 79.9. The van der Waals surface area contributed by atoms with E-state index in [-0.39, 0.29) is 36.4 Å². The van der Waals surface area contributed by atoms with Gasteiger partial charge in [-0.1, -0.05) is 6.92 Å². The number of hydrogen-bond donors (Lipinski definition) is 1. The van der Waals surface area contributed by atoms with Crippen LogP contribution in [0.4, 0.5) is 8.78 Å². The van der Waals surface area contributed by atoms with Gasteiger partial charge in [-0.05, 0) is 34.5 Å². The van der Waals surface area contributed by atoms with Gasteiger partial charge >= 0.3 is 0 Å². The van der Waals surface area contributed by atoms with Gasteiger partial charge in [-0.3, -0.25) is 4.90 Å². The maximum Gasteiger partial charge on any atom is 0.145 e. The number of rotatable bonds is 3. The second-order valence-corrected chi connectivity index (χ2v) is 5.32. The van der Waals surface area contributed by atoms with Crippen LogP contribution < -0.4 is 5.32 Å². The van der Waals surface area contributed by atoms with Gasteiger partial charge in [0.25, 0.3) is 0 Å². The van der Waals surface area contributed by atoms with Crippen LogP contribution in [0.25, 0.3) is 0 Å². The average Bonchev–Trinajstić information content (AvgIpc) is 2.40. The summed E-state index contributed by atoms with van der Waals surface area (Å²) in [6, 6.07) is 2.55. The lowest BCUT2D eigenvalue weighted by Crippen LogP contribution is -2.45. The van der Waals surface area contributed by atoms with Gasteiger partial charge in [-0.25, -0.2) is 8.78 Å². The summed E-state index contributed by atoms with van der Waals surface area (Å²) < 4.78 is 28.4. The van der Waals surface area contributed by atoms with E-state index in [1.165, 1.54) is 12.1 Å². The second kappa shape index (κ2) is 9.15. The van der Waals surface area contributed by atoms with E-state index in [0.717, 1.165) is 26.2 Å². The smallest absolute Gasteiger partial charge is 0.145 e. The van der Waals surface area contributed by atoms with Gasteiger partial charge in [0.1, 0.15) is 11.6 Å². The quantitative estimate of drug-likeness (QED) is 0.785. The highest BCUT2D eigenvalue weighted by molar-refractivity contribution is 9.10. The molecule has 2 rings (SSSR count). The molecule has 1 aliphatic rings. The summed E-state index contributed by atoms with van der Waals surface area (Å²) in [6.07, 6.45) is 0.699. The zero-order valence-electron chi connectivity index (χ0n) is 11.2. The van der Waals surface area contributed by atoms with Crippen molar-refractivity contribution < 1.29 is 8.78 Å². The minimum atomic E-state index is -0.472. The maximum absolute atomic E-state index is 14.1. The predicted molar refractivity (Wildman–Crippen MR) is 86.0 cm³/mol. The molecule has 1 aromatic rings. The molecule has 0 bridgehead atoms. The van der Waals surface area contributed by atoms with Crippen LogP contribution in [-0.2, 0) is 0 Å². The third-order valence-corrected chi connectivity index (χ3v) is 4.00. The first-order valence-electron chi connectivity index (χ1n) is 6.23. The van der Waals surface area contributed by atoms with Gasteiger partial charge in [0.2, 0.25) is 0 Å². The minimum Gasteiger partial charge on any atom is -0.314 e. The molecule has 2 nitrogen and oxygen atoms in total. The van der Waals surface area contributed by atoms with E-state index in [1.54, 1.807) is 0 Å². The molecule has 20 heavy (non-hydrogen) atoms. The normalized spacial score (nSPS) is 17.0. The molecule has 7 heteroatoms. The molecule has 116 valence electrons. The van der Waals surface area contributed by atoms with Crippen LogP contribution >= 0.6 is 40.7 Å². The fourth-order valence-corrected chi connectivity index (χ4v) is 2.83. The van der Waals surface area contributed by atoms with Crippen molar-refractivity contribution >= 4 is 40.7 Å². The van der Waals surface area contributed by atoms with Crippen LogP contribution in [-0.4, -0.2) is 31.1 Å². The number of nitrogens with one attached hydrogen (secondary N) is 1. The summed E-state index contributed by atoms with van der Waals surface area (Å²) in [7, 11) is 0. The highest BCUT2D eigenvalue weighted by Gasteiger charge is 2.26. The Kier molecular flexibility index (Phi) is 9.18. The molecule has 1 aromatic carbocycles. The second-order valence-electron chi connectivity index (χ2n) is 4.47. The van der Waals surface area contributed by atoms with E-state index < -0.39 is 11.6 Å². The Bertz CT molecular complexity index is 429. The molecule has 0 aliphatic carbocycles. The molecule has 0 saturated carbocycles. The molecule has 1 atom stereocenters. The molecule has 0 spiro atoms. The lowest BCUT2D eigenvalue weighted by molar-refractivity contribution is 0.162. The first-order valence-corrected chi connectivity index (χ1v) is 7.02. The van der Waals surface area contributed by atoms with Crippen molar-refractivity contribution in [3.63, 3.8) is 0 Å². The lowest BCUT2D eigenvalue weighted by Gasteiger charge is -2.35. The third kappa shape index (κ3) is 4.28. The number of halogens is 5. The van der Waals surface area contributed by atoms with Crippen LogP contribution in [0.3, 0.4) is 0 Å². The standard InChI is InChI=1S/C13H17BrF2N2.2ClH/c1-2-11(18-7-5-17-6-8-18)12-10(15)4-3-9(14)13(12)16;;/h3-4,11,17H,2,5-8H2,1H3;2*1H/t11-;;/m1../s1. The SMILES string of the molecule is CC[C@H](c1c(F)ccc(Br)c1F)N1CCNCC1.Cl.Cl. The molecule has 1 fully saturated rings. The monoisotopic (exact) mass is 390 g/mol. The average molecular weight is 392 g/mol. The van der Waals surface area contributed by atoms with Gasteiger partial charge in [0.05, 0.1) is 4.47 Å². The Morgan fingerprint density at radius 2 is 1.85 bits per heavy atom. The highest BCUT2D eigenvalue weighted by Crippen LogP contribution is 2.32. The Hall–Kier alpha value is 0.0600. The van der Waals surface area contributed by atoms with Gasteiger partial charge in [0.15, 0.2) is 0 Å². The first kappa shape index (κ1) is 20.1. The van der Waals surface area contributed by atoms with Crippen molar-refractivity contribution in [1.29, 1.82) is 0 Å². The van der Waals surface area contributed by atoms with Crippen molar-refractivity contribution in [2.75, 3.05) is 26.2 Å². The third-order valence-electron chi connectivity index (χ3n) is 3.39. The van der Waals surface area contributed by atoms with Crippen molar-refractivity contribution in [3.8, 4) is 0 Å². The number of hydrogen-bond acceptors (Lipinski definition) is 2. The molecular formula is C13H19BrCl2F2N2. The Labute approximate surface area is 139 Å². The summed E-state index contributed by atoms with van der Waals surface area (Å²) in [5.41, 5.74) is 0.189. The molecule has 0 amide bonds. The van der Waals surface area contributed by atoms with Gasteiger partial charge in [0, 0.05) is 37.8 Å². The van der Waals surface area contributed by atoms with Crippen molar-refractivity contribution in [2.24, 2.45) is 0 Å². The predicted octanol–water partition coefficient (Wildman–Crippen LogP) is 3.93. The van der Waals surface area contributed by atoms with Crippen LogP contribution in [0.15, 0.2) is 16.6 Å². The molecule has 0 aromatic heterocycles.